The molecule has 0 unspecified atom stereocenters. The van der Waals surface area contributed by atoms with Crippen molar-refractivity contribution in [2.75, 3.05) is 26.2 Å². The summed E-state index contributed by atoms with van der Waals surface area (Å²) in [5.74, 6) is -0.0641. The molecular formula is C20H24N2O4S2. The van der Waals surface area contributed by atoms with E-state index < -0.39 is 20.0 Å². The van der Waals surface area contributed by atoms with E-state index in [9.17, 15) is 16.8 Å². The molecule has 0 amide bonds. The van der Waals surface area contributed by atoms with E-state index in [2.05, 4.69) is 0 Å². The summed E-state index contributed by atoms with van der Waals surface area (Å²) >= 11 is 0. The standard InChI is InChI=1S/C20H24N2O4S2/c23-27(24,16-17-5-2-1-3-6-17)21-11-13-22(14-12-21)28(25,26)20-10-9-18-7-4-8-19(18)15-20/h1-3,5-6,9-10,15H,4,7-8,11-14,16H2. The molecule has 4 rings (SSSR count). The number of fused-ring (bicyclic) bond motifs is 1. The maximum absolute atomic E-state index is 13.0. The van der Waals surface area contributed by atoms with Gasteiger partial charge >= 0.3 is 0 Å². The van der Waals surface area contributed by atoms with Crippen molar-refractivity contribution in [3.63, 3.8) is 0 Å². The molecule has 0 N–H and O–H groups in total. The van der Waals surface area contributed by atoms with Crippen LogP contribution in [0, 0.1) is 0 Å². The van der Waals surface area contributed by atoms with Crippen LogP contribution in [-0.4, -0.2) is 51.6 Å². The topological polar surface area (TPSA) is 74.8 Å². The van der Waals surface area contributed by atoms with Gasteiger partial charge in [-0.25, -0.2) is 16.8 Å². The fourth-order valence-electron chi connectivity index (χ4n) is 3.92. The quantitative estimate of drug-likeness (QED) is 0.742. The minimum Gasteiger partial charge on any atom is -0.212 e. The van der Waals surface area contributed by atoms with Crippen molar-refractivity contribution < 1.29 is 16.8 Å². The van der Waals surface area contributed by atoms with E-state index >= 15 is 0 Å². The minimum absolute atomic E-state index is 0.0641. The molecule has 1 aliphatic carbocycles. The molecule has 2 aliphatic rings. The van der Waals surface area contributed by atoms with E-state index in [1.807, 2.05) is 24.3 Å². The Labute approximate surface area is 166 Å². The van der Waals surface area contributed by atoms with Gasteiger partial charge in [0.15, 0.2) is 0 Å². The average Bonchev–Trinajstić information content (AvgIpc) is 3.16. The van der Waals surface area contributed by atoms with Crippen LogP contribution in [-0.2, 0) is 38.6 Å². The fourth-order valence-corrected chi connectivity index (χ4v) is 6.91. The molecular weight excluding hydrogens is 396 g/mol. The molecule has 2 aromatic carbocycles. The van der Waals surface area contributed by atoms with Gasteiger partial charge in [0.25, 0.3) is 0 Å². The van der Waals surface area contributed by atoms with Crippen LogP contribution < -0.4 is 0 Å². The van der Waals surface area contributed by atoms with E-state index in [1.165, 1.54) is 14.2 Å². The van der Waals surface area contributed by atoms with Crippen molar-refractivity contribution in [2.24, 2.45) is 0 Å². The first-order chi connectivity index (χ1) is 13.4. The molecule has 1 saturated heterocycles. The van der Waals surface area contributed by atoms with Crippen molar-refractivity contribution in [1.82, 2.24) is 8.61 Å². The van der Waals surface area contributed by atoms with Crippen LogP contribution in [0.1, 0.15) is 23.1 Å². The molecule has 0 bridgehead atoms. The predicted octanol–water partition coefficient (Wildman–Crippen LogP) is 2.01. The summed E-state index contributed by atoms with van der Waals surface area (Å²) in [6, 6.07) is 14.4. The maximum Gasteiger partial charge on any atom is 0.243 e. The molecule has 1 heterocycles. The number of hydrogen-bond acceptors (Lipinski definition) is 4. The lowest BCUT2D eigenvalue weighted by molar-refractivity contribution is 0.272. The highest BCUT2D eigenvalue weighted by molar-refractivity contribution is 7.89. The van der Waals surface area contributed by atoms with Gasteiger partial charge in [0.2, 0.25) is 20.0 Å². The lowest BCUT2D eigenvalue weighted by Crippen LogP contribution is -2.50. The van der Waals surface area contributed by atoms with Crippen LogP contribution in [0.3, 0.4) is 0 Å². The van der Waals surface area contributed by atoms with Crippen molar-refractivity contribution in [3.8, 4) is 0 Å². The van der Waals surface area contributed by atoms with Gasteiger partial charge < -0.3 is 0 Å². The lowest BCUT2D eigenvalue weighted by atomic mass is 10.1. The van der Waals surface area contributed by atoms with E-state index in [0.717, 1.165) is 30.4 Å². The van der Waals surface area contributed by atoms with E-state index in [0.29, 0.717) is 4.90 Å². The Hall–Kier alpha value is -1.74. The Morgan fingerprint density at radius 3 is 2.11 bits per heavy atom. The van der Waals surface area contributed by atoms with Crippen molar-refractivity contribution in [1.29, 1.82) is 0 Å². The van der Waals surface area contributed by atoms with E-state index in [1.54, 1.807) is 24.3 Å². The second kappa shape index (κ2) is 7.59. The predicted molar refractivity (Wildman–Crippen MR) is 108 cm³/mol. The number of nitrogens with zero attached hydrogens (tertiary/aromatic N) is 2. The van der Waals surface area contributed by atoms with Gasteiger partial charge in [-0.15, -0.1) is 0 Å². The smallest absolute Gasteiger partial charge is 0.212 e. The van der Waals surface area contributed by atoms with Crippen LogP contribution in [0.25, 0.3) is 0 Å². The molecule has 0 atom stereocenters. The Morgan fingerprint density at radius 1 is 0.750 bits per heavy atom. The highest BCUT2D eigenvalue weighted by Crippen LogP contribution is 2.27. The molecule has 1 aliphatic heterocycles. The van der Waals surface area contributed by atoms with E-state index in [4.69, 9.17) is 0 Å². The third-order valence-corrected chi connectivity index (χ3v) is 9.24. The highest BCUT2D eigenvalue weighted by Gasteiger charge is 2.33. The summed E-state index contributed by atoms with van der Waals surface area (Å²) < 4.78 is 54.1. The fraction of sp³-hybridized carbons (Fsp3) is 0.400. The highest BCUT2D eigenvalue weighted by atomic mass is 32.2. The Morgan fingerprint density at radius 2 is 1.39 bits per heavy atom. The lowest BCUT2D eigenvalue weighted by Gasteiger charge is -2.33. The molecule has 1 fully saturated rings. The van der Waals surface area contributed by atoms with Gasteiger partial charge in [-0.05, 0) is 48.1 Å². The molecule has 0 saturated carbocycles. The number of aryl methyl sites for hydroxylation is 2. The first kappa shape index (κ1) is 19.6. The normalized spacial score (nSPS) is 18.9. The van der Waals surface area contributed by atoms with Crippen LogP contribution in [0.4, 0.5) is 0 Å². The van der Waals surface area contributed by atoms with Gasteiger partial charge in [0, 0.05) is 26.2 Å². The first-order valence-electron chi connectivity index (χ1n) is 9.50. The molecule has 2 aromatic rings. The number of rotatable bonds is 5. The van der Waals surface area contributed by atoms with Crippen molar-refractivity contribution in [2.45, 2.75) is 29.9 Å². The van der Waals surface area contributed by atoms with Crippen molar-refractivity contribution >= 4 is 20.0 Å². The molecule has 8 heteroatoms. The second-order valence-electron chi connectivity index (χ2n) is 7.33. The molecule has 6 nitrogen and oxygen atoms in total. The zero-order chi connectivity index (χ0) is 19.8. The number of hydrogen-bond donors (Lipinski definition) is 0. The summed E-state index contributed by atoms with van der Waals surface area (Å²) in [5.41, 5.74) is 3.08. The van der Waals surface area contributed by atoms with Gasteiger partial charge in [-0.2, -0.15) is 8.61 Å². The molecule has 28 heavy (non-hydrogen) atoms. The van der Waals surface area contributed by atoms with Crippen LogP contribution in [0.5, 0.6) is 0 Å². The zero-order valence-corrected chi connectivity index (χ0v) is 17.3. The average molecular weight is 421 g/mol. The van der Waals surface area contributed by atoms with Gasteiger partial charge in [-0.1, -0.05) is 36.4 Å². The number of sulfonamides is 2. The summed E-state index contributed by atoms with van der Waals surface area (Å²) in [6.07, 6.45) is 2.99. The molecule has 150 valence electrons. The van der Waals surface area contributed by atoms with Crippen LogP contribution in [0.15, 0.2) is 53.4 Å². The largest absolute Gasteiger partial charge is 0.243 e. The summed E-state index contributed by atoms with van der Waals surface area (Å²) in [5, 5.41) is 0. The zero-order valence-electron chi connectivity index (χ0n) is 15.6. The maximum atomic E-state index is 13.0. The molecule has 0 aromatic heterocycles. The Kier molecular flexibility index (Phi) is 5.30. The van der Waals surface area contributed by atoms with Crippen LogP contribution in [0.2, 0.25) is 0 Å². The third kappa shape index (κ3) is 3.87. The monoisotopic (exact) mass is 420 g/mol. The second-order valence-corrected chi connectivity index (χ2v) is 11.2. The Bertz CT molecular complexity index is 1060. The summed E-state index contributed by atoms with van der Waals surface area (Å²) in [7, 11) is -7.07. The van der Waals surface area contributed by atoms with Crippen molar-refractivity contribution in [3.05, 3.63) is 65.2 Å². The SMILES string of the molecule is O=S(=O)(Cc1ccccc1)N1CCN(S(=O)(=O)c2ccc3c(c2)CCC3)CC1. The van der Waals surface area contributed by atoms with E-state index in [-0.39, 0.29) is 31.9 Å². The van der Waals surface area contributed by atoms with Gasteiger partial charge in [0.05, 0.1) is 10.6 Å². The third-order valence-electron chi connectivity index (χ3n) is 5.49. The minimum atomic E-state index is -3.60. The number of piperazine rings is 1. The summed E-state index contributed by atoms with van der Waals surface area (Å²) in [4.78, 5) is 0.314. The van der Waals surface area contributed by atoms with Gasteiger partial charge in [-0.3, -0.25) is 0 Å². The summed E-state index contributed by atoms with van der Waals surface area (Å²) in [6.45, 7) is 0.708. The first-order valence-corrected chi connectivity index (χ1v) is 12.5. The van der Waals surface area contributed by atoms with Crippen LogP contribution >= 0.6 is 0 Å². The number of benzene rings is 2. The molecule has 0 radical (unpaired) electrons. The Balaban J connectivity index is 1.45. The molecule has 0 spiro atoms. The van der Waals surface area contributed by atoms with Gasteiger partial charge in [0.1, 0.15) is 0 Å².